The first-order valence-electron chi connectivity index (χ1n) is 7.72. The Morgan fingerprint density at radius 1 is 1.13 bits per heavy atom. The van der Waals surface area contributed by atoms with Gasteiger partial charge in [0, 0.05) is 39.4 Å². The van der Waals surface area contributed by atoms with E-state index in [1.807, 2.05) is 24.9 Å². The number of anilines is 2. The van der Waals surface area contributed by atoms with Gasteiger partial charge in [0.1, 0.15) is 5.82 Å². The summed E-state index contributed by atoms with van der Waals surface area (Å²) in [4.78, 5) is 26.4. The van der Waals surface area contributed by atoms with Crippen molar-refractivity contribution in [1.29, 1.82) is 0 Å². The fourth-order valence-electron chi connectivity index (χ4n) is 2.91. The fraction of sp³-hybridized carbons (Fsp3) is 0.467. The number of hydrogen-bond acceptors (Lipinski definition) is 5. The van der Waals surface area contributed by atoms with E-state index < -0.39 is 0 Å². The van der Waals surface area contributed by atoms with Gasteiger partial charge in [0.15, 0.2) is 0 Å². The first kappa shape index (κ1) is 14.0. The van der Waals surface area contributed by atoms with Gasteiger partial charge in [-0.15, -0.1) is 0 Å². The highest BCUT2D eigenvalue weighted by Crippen LogP contribution is 2.27. The maximum absolute atomic E-state index is 12.0. The topological polar surface area (TPSA) is 70.4 Å². The molecular weight excluding hydrogens is 294 g/mol. The molecule has 0 spiro atoms. The van der Waals surface area contributed by atoms with Gasteiger partial charge < -0.3 is 9.80 Å². The van der Waals surface area contributed by atoms with Gasteiger partial charge in [-0.1, -0.05) is 0 Å². The summed E-state index contributed by atoms with van der Waals surface area (Å²) in [5, 5.41) is 4.43. The van der Waals surface area contributed by atoms with Crippen LogP contribution in [0.3, 0.4) is 0 Å². The average Bonchev–Trinajstić information content (AvgIpc) is 3.08. The first-order valence-corrected chi connectivity index (χ1v) is 7.72. The number of urea groups is 1. The molecule has 0 bridgehead atoms. The average molecular weight is 313 g/mol. The molecule has 0 atom stereocenters. The number of aryl methyl sites for hydroxylation is 1. The molecule has 2 aromatic heterocycles. The molecule has 0 N–H and O–H groups in total. The van der Waals surface area contributed by atoms with Gasteiger partial charge in [-0.2, -0.15) is 5.10 Å². The van der Waals surface area contributed by atoms with E-state index in [9.17, 15) is 4.79 Å². The van der Waals surface area contributed by atoms with Crippen LogP contribution in [0, 0.1) is 6.92 Å². The van der Waals surface area contributed by atoms with E-state index in [0.29, 0.717) is 6.04 Å². The van der Waals surface area contributed by atoms with E-state index in [0.717, 1.165) is 43.4 Å². The minimum absolute atomic E-state index is 0.0368. The standard InChI is InChI=1S/C15H19N7O/c1-11-5-17-14(7-16-11)20-8-13(9-20)22-10-12(6-18-22)21-4-3-19(2)15(21)23/h5-7,10,13H,3-4,8-9H2,1-2H3. The van der Waals surface area contributed by atoms with E-state index in [1.54, 1.807) is 28.4 Å². The molecule has 4 rings (SSSR count). The largest absolute Gasteiger partial charge is 0.351 e. The Labute approximate surface area is 134 Å². The van der Waals surface area contributed by atoms with Crippen molar-refractivity contribution in [2.45, 2.75) is 13.0 Å². The molecule has 0 unspecified atom stereocenters. The van der Waals surface area contributed by atoms with Crippen molar-refractivity contribution in [3.05, 3.63) is 30.5 Å². The summed E-state index contributed by atoms with van der Waals surface area (Å²) in [6.07, 6.45) is 7.31. The number of amides is 2. The predicted octanol–water partition coefficient (Wildman–Crippen LogP) is 0.915. The number of carbonyl (C=O) groups excluding carboxylic acids is 1. The molecule has 2 aromatic rings. The first-order chi connectivity index (χ1) is 11.1. The van der Waals surface area contributed by atoms with Crippen molar-refractivity contribution in [3.63, 3.8) is 0 Å². The molecule has 120 valence electrons. The van der Waals surface area contributed by atoms with E-state index >= 15 is 0 Å². The minimum Gasteiger partial charge on any atom is -0.351 e. The van der Waals surface area contributed by atoms with E-state index in [1.165, 1.54) is 0 Å². The second-order valence-corrected chi connectivity index (χ2v) is 6.11. The van der Waals surface area contributed by atoms with Crippen LogP contribution in [0.1, 0.15) is 11.7 Å². The van der Waals surface area contributed by atoms with Gasteiger partial charge in [0.05, 0.1) is 36.0 Å². The number of nitrogens with zero attached hydrogens (tertiary/aromatic N) is 7. The van der Waals surface area contributed by atoms with Crippen LogP contribution in [0.5, 0.6) is 0 Å². The Morgan fingerprint density at radius 2 is 1.96 bits per heavy atom. The molecule has 2 aliphatic heterocycles. The van der Waals surface area contributed by atoms with Crippen LogP contribution in [0.2, 0.25) is 0 Å². The number of hydrogen-bond donors (Lipinski definition) is 0. The molecule has 4 heterocycles. The third-order valence-corrected chi connectivity index (χ3v) is 4.44. The second-order valence-electron chi connectivity index (χ2n) is 6.11. The molecule has 2 aliphatic rings. The Kier molecular flexibility index (Phi) is 3.17. The normalized spacial score (nSPS) is 18.7. The SMILES string of the molecule is Cc1cnc(N2CC(n3cc(N4CCN(C)C4=O)cn3)C2)cn1. The van der Waals surface area contributed by atoms with Crippen molar-refractivity contribution < 1.29 is 4.79 Å². The van der Waals surface area contributed by atoms with E-state index in [-0.39, 0.29) is 6.03 Å². The van der Waals surface area contributed by atoms with Crippen LogP contribution in [0.25, 0.3) is 0 Å². The molecule has 2 amide bonds. The van der Waals surface area contributed by atoms with Gasteiger partial charge in [-0.3, -0.25) is 14.6 Å². The maximum atomic E-state index is 12.0. The third kappa shape index (κ3) is 2.39. The van der Waals surface area contributed by atoms with Crippen LogP contribution in [-0.2, 0) is 0 Å². The predicted molar refractivity (Wildman–Crippen MR) is 85.6 cm³/mol. The molecule has 8 heteroatoms. The summed E-state index contributed by atoms with van der Waals surface area (Å²) in [7, 11) is 1.82. The molecule has 0 radical (unpaired) electrons. The molecule has 2 fully saturated rings. The Morgan fingerprint density at radius 3 is 2.61 bits per heavy atom. The van der Waals surface area contributed by atoms with Gasteiger partial charge in [0.2, 0.25) is 0 Å². The lowest BCUT2D eigenvalue weighted by Gasteiger charge is -2.39. The Hall–Kier alpha value is -2.64. The quantitative estimate of drug-likeness (QED) is 0.842. The van der Waals surface area contributed by atoms with Crippen LogP contribution < -0.4 is 9.80 Å². The smallest absolute Gasteiger partial charge is 0.324 e. The lowest BCUT2D eigenvalue weighted by atomic mass is 10.1. The van der Waals surface area contributed by atoms with Crippen molar-refractivity contribution in [1.82, 2.24) is 24.6 Å². The lowest BCUT2D eigenvalue weighted by Crippen LogP contribution is -2.48. The van der Waals surface area contributed by atoms with Crippen LogP contribution in [0.4, 0.5) is 16.3 Å². The lowest BCUT2D eigenvalue weighted by molar-refractivity contribution is 0.229. The van der Waals surface area contributed by atoms with E-state index in [4.69, 9.17) is 0 Å². The van der Waals surface area contributed by atoms with Gasteiger partial charge in [0.25, 0.3) is 0 Å². The summed E-state index contributed by atoms with van der Waals surface area (Å²) < 4.78 is 1.94. The number of likely N-dealkylation sites (N-methyl/N-ethyl adjacent to an activating group) is 1. The van der Waals surface area contributed by atoms with E-state index in [2.05, 4.69) is 20.0 Å². The third-order valence-electron chi connectivity index (χ3n) is 4.44. The zero-order valence-corrected chi connectivity index (χ0v) is 13.3. The second kappa shape index (κ2) is 5.22. The highest BCUT2D eigenvalue weighted by Gasteiger charge is 2.32. The van der Waals surface area contributed by atoms with Crippen LogP contribution >= 0.6 is 0 Å². The molecule has 0 aromatic carbocycles. The molecule has 0 aliphatic carbocycles. The summed E-state index contributed by atoms with van der Waals surface area (Å²) in [5.74, 6) is 0.899. The molecule has 0 saturated carbocycles. The van der Waals surface area contributed by atoms with Crippen molar-refractivity contribution in [2.24, 2.45) is 0 Å². The zero-order chi connectivity index (χ0) is 16.0. The summed E-state index contributed by atoms with van der Waals surface area (Å²) >= 11 is 0. The maximum Gasteiger partial charge on any atom is 0.324 e. The number of rotatable bonds is 3. The minimum atomic E-state index is 0.0368. The van der Waals surface area contributed by atoms with Gasteiger partial charge >= 0.3 is 6.03 Å². The monoisotopic (exact) mass is 313 g/mol. The van der Waals surface area contributed by atoms with Crippen LogP contribution in [0.15, 0.2) is 24.8 Å². The molecule has 2 saturated heterocycles. The van der Waals surface area contributed by atoms with Crippen molar-refractivity contribution >= 4 is 17.5 Å². The molecule has 8 nitrogen and oxygen atoms in total. The van der Waals surface area contributed by atoms with Crippen LogP contribution in [-0.4, -0.2) is 63.9 Å². The van der Waals surface area contributed by atoms with Gasteiger partial charge in [-0.05, 0) is 6.92 Å². The van der Waals surface area contributed by atoms with Crippen molar-refractivity contribution in [3.8, 4) is 0 Å². The summed E-state index contributed by atoms with van der Waals surface area (Å²) in [6, 6.07) is 0.344. The fourth-order valence-corrected chi connectivity index (χ4v) is 2.91. The highest BCUT2D eigenvalue weighted by atomic mass is 16.2. The van der Waals surface area contributed by atoms with Crippen molar-refractivity contribution in [2.75, 3.05) is 43.0 Å². The van der Waals surface area contributed by atoms with Gasteiger partial charge in [-0.25, -0.2) is 9.78 Å². The zero-order valence-electron chi connectivity index (χ0n) is 13.3. The summed E-state index contributed by atoms with van der Waals surface area (Å²) in [5.41, 5.74) is 1.79. The number of carbonyl (C=O) groups is 1. The number of aromatic nitrogens is 4. The molecular formula is C15H19N7O. The summed E-state index contributed by atoms with van der Waals surface area (Å²) in [6.45, 7) is 5.11. The molecule has 23 heavy (non-hydrogen) atoms. The Bertz CT molecular complexity index is 720. The Balaban J connectivity index is 1.41. The highest BCUT2D eigenvalue weighted by molar-refractivity contribution is 5.93.